The average Bonchev–Trinajstić information content (AvgIpc) is 3.37. The molecule has 1 fully saturated rings. The molecule has 2 atom stereocenters. The van der Waals surface area contributed by atoms with Crippen molar-refractivity contribution in [1.29, 1.82) is 0 Å². The number of rotatable bonds is 6. The minimum Gasteiger partial charge on any atom is -0.457 e. The molecule has 1 saturated carbocycles. The van der Waals surface area contributed by atoms with Gasteiger partial charge in [-0.1, -0.05) is 14.4 Å². The van der Waals surface area contributed by atoms with Crippen molar-refractivity contribution in [3.05, 3.63) is 58.5 Å². The fourth-order valence-corrected chi connectivity index (χ4v) is 2.68. The molecule has 0 bridgehead atoms. The van der Waals surface area contributed by atoms with Crippen LogP contribution in [0.3, 0.4) is 0 Å². The molecule has 2 heterocycles. The molecule has 1 aliphatic carbocycles. The SMILES string of the molecule is O=c1ccc(-c2ccc(OC(F)P)cc2)nn1Cc1nc(C2CC2)no1. The molecule has 3 aromatic rings. The minimum absolute atomic E-state index is 0.115. The van der Waals surface area contributed by atoms with Gasteiger partial charge in [0, 0.05) is 17.5 Å². The van der Waals surface area contributed by atoms with Crippen molar-refractivity contribution in [3.63, 3.8) is 0 Å². The molecular formula is C17H16FN4O3P. The normalized spacial score (nSPS) is 15.0. The van der Waals surface area contributed by atoms with Gasteiger partial charge in [0.15, 0.2) is 5.82 Å². The van der Waals surface area contributed by atoms with Gasteiger partial charge in [-0.25, -0.2) is 4.68 Å². The van der Waals surface area contributed by atoms with E-state index in [0.717, 1.165) is 18.4 Å². The van der Waals surface area contributed by atoms with E-state index in [0.29, 0.717) is 29.1 Å². The molecule has 0 aliphatic heterocycles. The van der Waals surface area contributed by atoms with E-state index < -0.39 is 6.10 Å². The molecule has 134 valence electrons. The van der Waals surface area contributed by atoms with Crippen LogP contribution in [0.25, 0.3) is 11.3 Å². The fraction of sp³-hybridized carbons (Fsp3) is 0.294. The topological polar surface area (TPSA) is 83.0 Å². The Hall–Kier alpha value is -2.60. The van der Waals surface area contributed by atoms with E-state index in [1.807, 2.05) is 9.24 Å². The Morgan fingerprint density at radius 3 is 2.73 bits per heavy atom. The first-order valence-corrected chi connectivity index (χ1v) is 8.82. The highest BCUT2D eigenvalue weighted by molar-refractivity contribution is 7.16. The van der Waals surface area contributed by atoms with Gasteiger partial charge >= 0.3 is 0 Å². The number of halogens is 1. The van der Waals surface area contributed by atoms with E-state index in [4.69, 9.17) is 9.26 Å². The second kappa shape index (κ2) is 6.96. The van der Waals surface area contributed by atoms with Gasteiger partial charge in [0.1, 0.15) is 12.3 Å². The smallest absolute Gasteiger partial charge is 0.267 e. The molecule has 9 heteroatoms. The standard InChI is InChI=1S/C17H16FN4O3P/c18-17(26)24-12-5-3-10(4-6-12)13-7-8-15(23)22(20-13)9-14-19-16(21-25-14)11-1-2-11/h3-8,11,17H,1-2,9,26H2. The second-order valence-electron chi connectivity index (χ2n) is 6.03. The van der Waals surface area contributed by atoms with Crippen LogP contribution in [0.4, 0.5) is 4.39 Å². The van der Waals surface area contributed by atoms with Crippen molar-refractivity contribution in [2.75, 3.05) is 0 Å². The molecule has 2 aromatic heterocycles. The van der Waals surface area contributed by atoms with Crippen molar-refractivity contribution < 1.29 is 13.7 Å². The molecule has 0 spiro atoms. The Bertz CT molecular complexity index is 967. The number of nitrogens with zero attached hydrogens (tertiary/aromatic N) is 4. The number of hydrogen-bond acceptors (Lipinski definition) is 6. The van der Waals surface area contributed by atoms with E-state index in [9.17, 15) is 9.18 Å². The van der Waals surface area contributed by atoms with Crippen molar-refractivity contribution in [2.24, 2.45) is 0 Å². The summed E-state index contributed by atoms with van der Waals surface area (Å²) >= 11 is 0. The highest BCUT2D eigenvalue weighted by Gasteiger charge is 2.28. The van der Waals surface area contributed by atoms with E-state index in [-0.39, 0.29) is 12.1 Å². The molecule has 7 nitrogen and oxygen atoms in total. The summed E-state index contributed by atoms with van der Waals surface area (Å²) in [5.74, 6) is 1.84. The predicted molar refractivity (Wildman–Crippen MR) is 94.5 cm³/mol. The maximum atomic E-state index is 12.8. The quantitative estimate of drug-likeness (QED) is 0.617. The third-order valence-corrected chi connectivity index (χ3v) is 4.11. The van der Waals surface area contributed by atoms with Crippen molar-refractivity contribution in [1.82, 2.24) is 19.9 Å². The van der Waals surface area contributed by atoms with E-state index >= 15 is 0 Å². The number of aromatic nitrogens is 4. The summed E-state index contributed by atoms with van der Waals surface area (Å²) in [4.78, 5) is 16.4. The molecule has 1 aliphatic rings. The third-order valence-electron chi connectivity index (χ3n) is 3.98. The maximum Gasteiger partial charge on any atom is 0.267 e. The van der Waals surface area contributed by atoms with Crippen LogP contribution in [-0.2, 0) is 6.54 Å². The molecule has 0 radical (unpaired) electrons. The molecule has 1 aromatic carbocycles. The van der Waals surface area contributed by atoms with Gasteiger partial charge in [-0.05, 0) is 43.2 Å². The lowest BCUT2D eigenvalue weighted by atomic mass is 10.1. The van der Waals surface area contributed by atoms with Crippen LogP contribution in [0.15, 0.2) is 45.7 Å². The van der Waals surface area contributed by atoms with Gasteiger partial charge in [-0.15, -0.1) is 0 Å². The Kier molecular flexibility index (Phi) is 4.51. The predicted octanol–water partition coefficient (Wildman–Crippen LogP) is 2.73. The van der Waals surface area contributed by atoms with Gasteiger partial charge in [0.05, 0.1) is 5.69 Å². The maximum absolute atomic E-state index is 12.8. The zero-order valence-electron chi connectivity index (χ0n) is 13.7. The summed E-state index contributed by atoms with van der Waals surface area (Å²) in [5.41, 5.74) is 1.11. The summed E-state index contributed by atoms with van der Waals surface area (Å²) < 4.78 is 24.3. The zero-order valence-corrected chi connectivity index (χ0v) is 14.9. The summed E-state index contributed by atoms with van der Waals surface area (Å²) in [7, 11) is 1.92. The summed E-state index contributed by atoms with van der Waals surface area (Å²) in [6.07, 6.45) is 0.689. The zero-order chi connectivity index (χ0) is 18.1. The van der Waals surface area contributed by atoms with Gasteiger partial charge in [0.2, 0.25) is 12.0 Å². The van der Waals surface area contributed by atoms with Crippen LogP contribution in [-0.4, -0.2) is 26.0 Å². The van der Waals surface area contributed by atoms with E-state index in [1.165, 1.54) is 10.7 Å². The first kappa shape index (κ1) is 16.8. The molecule has 26 heavy (non-hydrogen) atoms. The summed E-state index contributed by atoms with van der Waals surface area (Å²) in [5, 5.41) is 8.30. The number of ether oxygens (including phenoxy) is 1. The van der Waals surface area contributed by atoms with Gasteiger partial charge in [-0.3, -0.25) is 4.79 Å². The third kappa shape index (κ3) is 3.80. The highest BCUT2D eigenvalue weighted by atomic mass is 31.0. The molecular weight excluding hydrogens is 358 g/mol. The summed E-state index contributed by atoms with van der Waals surface area (Å²) in [6.45, 7) is 0.115. The molecule has 0 saturated heterocycles. The van der Waals surface area contributed by atoms with Crippen LogP contribution in [0.5, 0.6) is 5.75 Å². The van der Waals surface area contributed by atoms with E-state index in [1.54, 1.807) is 30.3 Å². The Labute approximate surface area is 150 Å². The van der Waals surface area contributed by atoms with E-state index in [2.05, 4.69) is 15.2 Å². The largest absolute Gasteiger partial charge is 0.457 e. The van der Waals surface area contributed by atoms with Gasteiger partial charge in [0.25, 0.3) is 5.56 Å². The Balaban J connectivity index is 1.56. The lowest BCUT2D eigenvalue weighted by Crippen LogP contribution is -2.23. The van der Waals surface area contributed by atoms with Crippen molar-refractivity contribution >= 4 is 9.24 Å². The van der Waals surface area contributed by atoms with Crippen LogP contribution in [0, 0.1) is 0 Å². The Morgan fingerprint density at radius 2 is 2.04 bits per heavy atom. The van der Waals surface area contributed by atoms with Crippen LogP contribution >= 0.6 is 9.24 Å². The number of alkyl halides is 1. The lowest BCUT2D eigenvalue weighted by Gasteiger charge is -2.08. The molecule has 0 amide bonds. The van der Waals surface area contributed by atoms with Crippen molar-refractivity contribution in [3.8, 4) is 17.0 Å². The van der Waals surface area contributed by atoms with Crippen LogP contribution in [0.2, 0.25) is 0 Å². The second-order valence-corrected chi connectivity index (χ2v) is 6.55. The molecule has 0 N–H and O–H groups in total. The first-order chi connectivity index (χ1) is 12.6. The highest BCUT2D eigenvalue weighted by Crippen LogP contribution is 2.38. The van der Waals surface area contributed by atoms with Crippen LogP contribution in [0.1, 0.15) is 30.5 Å². The number of benzene rings is 1. The summed E-state index contributed by atoms with van der Waals surface area (Å²) in [6, 6.07) is 9.85. The molecule has 2 unspecified atom stereocenters. The van der Waals surface area contributed by atoms with Gasteiger partial charge < -0.3 is 9.26 Å². The monoisotopic (exact) mass is 374 g/mol. The first-order valence-electron chi connectivity index (χ1n) is 8.16. The van der Waals surface area contributed by atoms with Gasteiger partial charge in [-0.2, -0.15) is 14.5 Å². The number of hydrogen-bond donors (Lipinski definition) is 0. The van der Waals surface area contributed by atoms with Crippen LogP contribution < -0.4 is 10.3 Å². The average molecular weight is 374 g/mol. The lowest BCUT2D eigenvalue weighted by molar-refractivity contribution is 0.153. The minimum atomic E-state index is -1.46. The molecule has 4 rings (SSSR count). The fourth-order valence-electron chi connectivity index (χ4n) is 2.52. The Morgan fingerprint density at radius 1 is 1.27 bits per heavy atom. The van der Waals surface area contributed by atoms with Crippen molar-refractivity contribution in [2.45, 2.75) is 31.4 Å².